The van der Waals surface area contributed by atoms with Gasteiger partial charge in [-0.1, -0.05) is 36.9 Å². The fourth-order valence-electron chi connectivity index (χ4n) is 1.20. The van der Waals surface area contributed by atoms with Crippen molar-refractivity contribution >= 4 is 11.4 Å². The average molecular weight is 214 g/mol. The summed E-state index contributed by atoms with van der Waals surface area (Å²) in [5.74, 6) is 0.00378. The van der Waals surface area contributed by atoms with Crippen LogP contribution in [0.15, 0.2) is 41.3 Å². The number of ketones is 1. The van der Waals surface area contributed by atoms with Gasteiger partial charge in [0.25, 0.3) is 5.89 Å². The SMILES string of the molecule is C=C(C)c1nnc(C(=O)c2ccccc2)o1. The first-order valence-corrected chi connectivity index (χ1v) is 4.77. The normalized spacial score (nSPS) is 10.1. The zero-order valence-electron chi connectivity index (χ0n) is 8.80. The molecule has 0 atom stereocenters. The summed E-state index contributed by atoms with van der Waals surface area (Å²) in [6.07, 6.45) is 0. The molecule has 16 heavy (non-hydrogen) atoms. The van der Waals surface area contributed by atoms with Crippen molar-refractivity contribution in [2.24, 2.45) is 0 Å². The van der Waals surface area contributed by atoms with Gasteiger partial charge in [0.2, 0.25) is 11.7 Å². The van der Waals surface area contributed by atoms with Gasteiger partial charge in [-0.25, -0.2) is 0 Å². The van der Waals surface area contributed by atoms with Crippen LogP contribution in [0.2, 0.25) is 0 Å². The summed E-state index contributed by atoms with van der Waals surface area (Å²) in [7, 11) is 0. The summed E-state index contributed by atoms with van der Waals surface area (Å²) >= 11 is 0. The maximum absolute atomic E-state index is 11.9. The molecular formula is C12H10N2O2. The number of carbonyl (C=O) groups is 1. The second-order valence-corrected chi connectivity index (χ2v) is 3.39. The summed E-state index contributed by atoms with van der Waals surface area (Å²) in [6.45, 7) is 5.40. The molecule has 0 aliphatic carbocycles. The number of benzene rings is 1. The topological polar surface area (TPSA) is 56.0 Å². The number of aromatic nitrogens is 2. The molecule has 0 aliphatic rings. The van der Waals surface area contributed by atoms with E-state index < -0.39 is 0 Å². The molecule has 0 spiro atoms. The lowest BCUT2D eigenvalue weighted by Crippen LogP contribution is -2.00. The first-order chi connectivity index (χ1) is 7.68. The number of allylic oxidation sites excluding steroid dienone is 1. The highest BCUT2D eigenvalue weighted by molar-refractivity contribution is 6.05. The zero-order valence-corrected chi connectivity index (χ0v) is 8.80. The number of hydrogen-bond acceptors (Lipinski definition) is 4. The van der Waals surface area contributed by atoms with E-state index in [2.05, 4.69) is 16.8 Å². The Kier molecular flexibility index (Phi) is 2.64. The van der Waals surface area contributed by atoms with E-state index in [1.807, 2.05) is 6.07 Å². The van der Waals surface area contributed by atoms with E-state index in [-0.39, 0.29) is 11.7 Å². The van der Waals surface area contributed by atoms with E-state index in [0.717, 1.165) is 0 Å². The molecule has 0 amide bonds. The summed E-state index contributed by atoms with van der Waals surface area (Å²) in [6, 6.07) is 8.80. The molecule has 0 N–H and O–H groups in total. The maximum Gasteiger partial charge on any atom is 0.289 e. The Labute approximate surface area is 92.6 Å². The standard InChI is InChI=1S/C12H10N2O2/c1-8(2)11-13-14-12(16-11)10(15)9-6-4-3-5-7-9/h3-7H,1H2,2H3. The van der Waals surface area contributed by atoms with Crippen LogP contribution in [0.5, 0.6) is 0 Å². The number of carbonyl (C=O) groups excluding carboxylic acids is 1. The Morgan fingerprint density at radius 1 is 1.19 bits per heavy atom. The van der Waals surface area contributed by atoms with Gasteiger partial charge >= 0.3 is 0 Å². The molecule has 0 saturated heterocycles. The molecule has 0 aliphatic heterocycles. The summed E-state index contributed by atoms with van der Waals surface area (Å²) in [5, 5.41) is 7.41. The molecule has 0 bridgehead atoms. The monoisotopic (exact) mass is 214 g/mol. The van der Waals surface area contributed by atoms with Crippen molar-refractivity contribution in [3.05, 3.63) is 54.3 Å². The van der Waals surface area contributed by atoms with Gasteiger partial charge in [-0.2, -0.15) is 0 Å². The van der Waals surface area contributed by atoms with Crippen LogP contribution in [0.4, 0.5) is 0 Å². The van der Waals surface area contributed by atoms with Gasteiger partial charge in [-0.05, 0) is 6.92 Å². The highest BCUT2D eigenvalue weighted by atomic mass is 16.4. The highest BCUT2D eigenvalue weighted by Gasteiger charge is 2.16. The number of hydrogen-bond donors (Lipinski definition) is 0. The Morgan fingerprint density at radius 2 is 1.81 bits per heavy atom. The van der Waals surface area contributed by atoms with E-state index in [4.69, 9.17) is 4.42 Å². The van der Waals surface area contributed by atoms with Crippen LogP contribution in [0, 0.1) is 0 Å². The molecule has 1 aromatic carbocycles. The van der Waals surface area contributed by atoms with Crippen LogP contribution in [0.1, 0.15) is 29.1 Å². The lowest BCUT2D eigenvalue weighted by Gasteiger charge is -1.94. The molecule has 4 heteroatoms. The highest BCUT2D eigenvalue weighted by Crippen LogP contribution is 2.12. The smallest absolute Gasteiger partial charge is 0.289 e. The predicted molar refractivity (Wildman–Crippen MR) is 58.9 cm³/mol. The third-order valence-corrected chi connectivity index (χ3v) is 2.02. The average Bonchev–Trinajstić information content (AvgIpc) is 2.78. The van der Waals surface area contributed by atoms with Crippen molar-refractivity contribution in [1.82, 2.24) is 10.2 Å². The third-order valence-electron chi connectivity index (χ3n) is 2.02. The Morgan fingerprint density at radius 3 is 2.38 bits per heavy atom. The van der Waals surface area contributed by atoms with E-state index in [9.17, 15) is 4.79 Å². The summed E-state index contributed by atoms with van der Waals surface area (Å²) < 4.78 is 5.19. The third kappa shape index (κ3) is 1.91. The van der Waals surface area contributed by atoms with Crippen LogP contribution in [-0.2, 0) is 0 Å². The van der Waals surface area contributed by atoms with Crippen molar-refractivity contribution in [2.75, 3.05) is 0 Å². The van der Waals surface area contributed by atoms with Crippen molar-refractivity contribution in [1.29, 1.82) is 0 Å². The molecule has 4 nitrogen and oxygen atoms in total. The van der Waals surface area contributed by atoms with Gasteiger partial charge in [-0.3, -0.25) is 4.79 Å². The van der Waals surface area contributed by atoms with Gasteiger partial charge in [0.05, 0.1) is 0 Å². The predicted octanol–water partition coefficient (Wildman–Crippen LogP) is 2.33. The Balaban J connectivity index is 2.31. The van der Waals surface area contributed by atoms with Crippen molar-refractivity contribution in [3.63, 3.8) is 0 Å². The van der Waals surface area contributed by atoms with Crippen molar-refractivity contribution < 1.29 is 9.21 Å². The molecule has 2 rings (SSSR count). The molecule has 2 aromatic rings. The first-order valence-electron chi connectivity index (χ1n) is 4.77. The van der Waals surface area contributed by atoms with Crippen LogP contribution >= 0.6 is 0 Å². The van der Waals surface area contributed by atoms with Gasteiger partial charge in [0.15, 0.2) is 0 Å². The van der Waals surface area contributed by atoms with Crippen molar-refractivity contribution in [2.45, 2.75) is 6.92 Å². The quantitative estimate of drug-likeness (QED) is 0.736. The van der Waals surface area contributed by atoms with Gasteiger partial charge in [0.1, 0.15) is 0 Å². The van der Waals surface area contributed by atoms with Gasteiger partial charge < -0.3 is 4.42 Å². The van der Waals surface area contributed by atoms with E-state index >= 15 is 0 Å². The minimum atomic E-state index is -0.277. The minimum absolute atomic E-state index is 0.01000. The molecule has 1 aromatic heterocycles. The zero-order chi connectivity index (χ0) is 11.5. The van der Waals surface area contributed by atoms with Crippen LogP contribution in [0.25, 0.3) is 5.57 Å². The minimum Gasteiger partial charge on any atom is -0.414 e. The molecule has 1 heterocycles. The fourth-order valence-corrected chi connectivity index (χ4v) is 1.20. The number of rotatable bonds is 3. The second-order valence-electron chi connectivity index (χ2n) is 3.39. The van der Waals surface area contributed by atoms with Gasteiger partial charge in [0, 0.05) is 11.1 Å². The largest absolute Gasteiger partial charge is 0.414 e. The molecule has 0 saturated carbocycles. The van der Waals surface area contributed by atoms with Crippen LogP contribution in [0.3, 0.4) is 0 Å². The van der Waals surface area contributed by atoms with Crippen LogP contribution < -0.4 is 0 Å². The van der Waals surface area contributed by atoms with Crippen LogP contribution in [-0.4, -0.2) is 16.0 Å². The molecule has 80 valence electrons. The number of nitrogens with zero attached hydrogens (tertiary/aromatic N) is 2. The van der Waals surface area contributed by atoms with Gasteiger partial charge in [-0.15, -0.1) is 10.2 Å². The van der Waals surface area contributed by atoms with Crippen molar-refractivity contribution in [3.8, 4) is 0 Å². The second kappa shape index (κ2) is 4.10. The molecule has 0 radical (unpaired) electrons. The Hall–Kier alpha value is -2.23. The lowest BCUT2D eigenvalue weighted by atomic mass is 10.1. The molecule has 0 unspecified atom stereocenters. The summed E-state index contributed by atoms with van der Waals surface area (Å²) in [4.78, 5) is 11.9. The van der Waals surface area contributed by atoms with E-state index in [1.54, 1.807) is 31.2 Å². The first kappa shape index (κ1) is 10.3. The maximum atomic E-state index is 11.9. The molecule has 0 fully saturated rings. The van der Waals surface area contributed by atoms with E-state index in [0.29, 0.717) is 17.0 Å². The Bertz CT molecular complexity index is 529. The lowest BCUT2D eigenvalue weighted by molar-refractivity contribution is 0.100. The van der Waals surface area contributed by atoms with E-state index in [1.165, 1.54) is 0 Å². The summed E-state index contributed by atoms with van der Waals surface area (Å²) in [5.41, 5.74) is 1.17. The fraction of sp³-hybridized carbons (Fsp3) is 0.0833. The molecular weight excluding hydrogens is 204 g/mol.